The molecule has 0 bridgehead atoms. The zero-order chi connectivity index (χ0) is 18.0. The first-order chi connectivity index (χ1) is 12.0. The van der Waals surface area contributed by atoms with Crippen LogP contribution in [-0.2, 0) is 17.8 Å². The maximum atomic E-state index is 12.6. The molecule has 0 aliphatic rings. The summed E-state index contributed by atoms with van der Waals surface area (Å²) in [7, 11) is 0. The van der Waals surface area contributed by atoms with Gasteiger partial charge in [0.15, 0.2) is 3.95 Å². The number of hydrogen-bond donors (Lipinski definition) is 2. The molecule has 1 aromatic carbocycles. The lowest BCUT2D eigenvalue weighted by Crippen LogP contribution is -2.33. The molecule has 0 atom stereocenters. The van der Waals surface area contributed by atoms with Crippen LogP contribution in [0.4, 0.5) is 0 Å². The number of aromatic nitrogens is 3. The summed E-state index contributed by atoms with van der Waals surface area (Å²) in [5, 5.41) is 0.545. The van der Waals surface area contributed by atoms with E-state index in [1.165, 1.54) is 11.3 Å². The van der Waals surface area contributed by atoms with Gasteiger partial charge in [-0.15, -0.1) is 11.3 Å². The van der Waals surface area contributed by atoms with Crippen LogP contribution in [0.1, 0.15) is 23.3 Å². The lowest BCUT2D eigenvalue weighted by molar-refractivity contribution is -0.130. The van der Waals surface area contributed by atoms with Gasteiger partial charge in [0.1, 0.15) is 5.82 Å². The predicted molar refractivity (Wildman–Crippen MR) is 101 cm³/mol. The highest BCUT2D eigenvalue weighted by Gasteiger charge is 2.17. The Hall–Kier alpha value is -2.32. The van der Waals surface area contributed by atoms with Crippen LogP contribution in [0.15, 0.2) is 29.1 Å². The second kappa shape index (κ2) is 7.28. The molecule has 0 radical (unpaired) electrons. The van der Waals surface area contributed by atoms with E-state index in [-0.39, 0.29) is 24.4 Å². The van der Waals surface area contributed by atoms with Crippen LogP contribution in [0.2, 0.25) is 0 Å². The molecule has 0 spiro atoms. The number of H-pyrrole nitrogens is 2. The van der Waals surface area contributed by atoms with Crippen LogP contribution in [0.25, 0.3) is 10.9 Å². The van der Waals surface area contributed by atoms with Gasteiger partial charge in [0.25, 0.3) is 5.56 Å². The first kappa shape index (κ1) is 17.5. The van der Waals surface area contributed by atoms with Gasteiger partial charge in [-0.25, -0.2) is 4.98 Å². The van der Waals surface area contributed by atoms with Gasteiger partial charge in [-0.3, -0.25) is 9.59 Å². The van der Waals surface area contributed by atoms with Crippen LogP contribution >= 0.6 is 23.6 Å². The van der Waals surface area contributed by atoms with Gasteiger partial charge in [0.2, 0.25) is 5.91 Å². The van der Waals surface area contributed by atoms with Crippen molar-refractivity contribution in [1.82, 2.24) is 19.9 Å². The Kier molecular flexibility index (Phi) is 5.10. The van der Waals surface area contributed by atoms with Crippen molar-refractivity contribution in [3.8, 4) is 0 Å². The molecule has 0 aliphatic heterocycles. The van der Waals surface area contributed by atoms with Crippen molar-refractivity contribution in [3.63, 3.8) is 0 Å². The highest BCUT2D eigenvalue weighted by atomic mass is 32.1. The summed E-state index contributed by atoms with van der Waals surface area (Å²) >= 11 is 6.54. The van der Waals surface area contributed by atoms with Crippen LogP contribution < -0.4 is 5.56 Å². The Labute approximate surface area is 153 Å². The fourth-order valence-electron chi connectivity index (χ4n) is 2.62. The Morgan fingerprint density at radius 2 is 2.08 bits per heavy atom. The number of likely N-dealkylation sites (N-methyl/N-ethyl adjacent to an activating group) is 1. The van der Waals surface area contributed by atoms with E-state index in [9.17, 15) is 9.59 Å². The molecule has 0 saturated carbocycles. The van der Waals surface area contributed by atoms with E-state index in [2.05, 4.69) is 15.0 Å². The van der Waals surface area contributed by atoms with Crippen molar-refractivity contribution in [1.29, 1.82) is 0 Å². The molecule has 2 N–H and O–H groups in total. The van der Waals surface area contributed by atoms with Crippen LogP contribution in [0.5, 0.6) is 0 Å². The third kappa shape index (κ3) is 3.85. The second-order valence-electron chi connectivity index (χ2n) is 5.68. The third-order valence-electron chi connectivity index (χ3n) is 3.97. The minimum Gasteiger partial charge on any atom is -0.341 e. The van der Waals surface area contributed by atoms with Gasteiger partial charge < -0.3 is 14.9 Å². The average molecular weight is 374 g/mol. The number of nitrogens with one attached hydrogen (secondary N) is 2. The number of thiazole rings is 1. The number of amides is 1. The number of nitrogens with zero attached hydrogens (tertiary/aromatic N) is 2. The smallest absolute Gasteiger partial charge is 0.258 e. The summed E-state index contributed by atoms with van der Waals surface area (Å²) in [6.07, 6.45) is 0.287. The van der Waals surface area contributed by atoms with Crippen molar-refractivity contribution >= 4 is 40.4 Å². The number of para-hydroxylation sites is 1. The Bertz CT molecular complexity index is 1030. The van der Waals surface area contributed by atoms with Gasteiger partial charge in [-0.1, -0.05) is 12.1 Å². The fraction of sp³-hybridized carbons (Fsp3) is 0.294. The third-order valence-corrected chi connectivity index (χ3v) is 5.31. The minimum absolute atomic E-state index is 0.0216. The summed E-state index contributed by atoms with van der Waals surface area (Å²) in [6, 6.07) is 7.16. The molecule has 0 aliphatic carbocycles. The number of carbonyl (C=O) groups excluding carboxylic acids is 1. The number of fused-ring (bicyclic) bond motifs is 1. The lowest BCUT2D eigenvalue weighted by atomic mass is 10.2. The molecular weight excluding hydrogens is 356 g/mol. The fourth-order valence-corrected chi connectivity index (χ4v) is 3.90. The molecule has 130 valence electrons. The van der Waals surface area contributed by atoms with E-state index in [1.807, 2.05) is 19.9 Å². The molecule has 3 aromatic rings. The zero-order valence-corrected chi connectivity index (χ0v) is 15.6. The van der Waals surface area contributed by atoms with Gasteiger partial charge in [0.05, 0.1) is 23.9 Å². The predicted octanol–water partition coefficient (Wildman–Crippen LogP) is 2.94. The van der Waals surface area contributed by atoms with Gasteiger partial charge in [0, 0.05) is 17.1 Å². The molecule has 2 aromatic heterocycles. The van der Waals surface area contributed by atoms with E-state index < -0.39 is 0 Å². The maximum Gasteiger partial charge on any atom is 0.258 e. The zero-order valence-electron chi connectivity index (χ0n) is 14.0. The quantitative estimate of drug-likeness (QED) is 0.673. The molecule has 1 amide bonds. The topological polar surface area (TPSA) is 81.8 Å². The molecule has 2 heterocycles. The first-order valence-electron chi connectivity index (χ1n) is 7.92. The molecule has 0 saturated heterocycles. The molecule has 0 unspecified atom stereocenters. The number of benzene rings is 1. The highest BCUT2D eigenvalue weighted by molar-refractivity contribution is 7.73. The minimum atomic E-state index is -0.191. The molecular formula is C17H18N4O2S2. The molecule has 8 heteroatoms. The summed E-state index contributed by atoms with van der Waals surface area (Å²) in [4.78, 5) is 37.7. The molecule has 6 nitrogen and oxygen atoms in total. The van der Waals surface area contributed by atoms with Gasteiger partial charge in [-0.05, 0) is 38.2 Å². The number of hydrogen-bond acceptors (Lipinski definition) is 5. The Balaban J connectivity index is 1.82. The number of aryl methyl sites for hydroxylation is 1. The maximum absolute atomic E-state index is 12.6. The number of aromatic amines is 2. The molecule has 3 rings (SSSR count). The molecule has 25 heavy (non-hydrogen) atoms. The number of carbonyl (C=O) groups is 1. The van der Waals surface area contributed by atoms with E-state index in [1.54, 1.807) is 23.1 Å². The largest absolute Gasteiger partial charge is 0.341 e. The monoisotopic (exact) mass is 374 g/mol. The SMILES string of the molecule is CCN(Cc1nc2ccccc2c(=O)[nH]1)C(=O)Cc1sc(=S)[nH]c1C. The normalized spacial score (nSPS) is 11.0. The van der Waals surface area contributed by atoms with Crippen molar-refractivity contribution in [2.24, 2.45) is 0 Å². The van der Waals surface area contributed by atoms with Crippen molar-refractivity contribution in [3.05, 3.63) is 55.0 Å². The molecule has 0 fully saturated rings. The highest BCUT2D eigenvalue weighted by Crippen LogP contribution is 2.16. The van der Waals surface area contributed by atoms with E-state index in [4.69, 9.17) is 12.2 Å². The van der Waals surface area contributed by atoms with E-state index in [0.29, 0.717) is 27.2 Å². The van der Waals surface area contributed by atoms with Crippen LogP contribution in [-0.4, -0.2) is 32.3 Å². The second-order valence-corrected chi connectivity index (χ2v) is 7.45. The standard InChI is InChI=1S/C17H18N4O2S2/c1-3-21(15(22)8-13-10(2)18-17(24)25-13)9-14-19-12-7-5-4-6-11(12)16(23)20-14/h4-7H,3,8-9H2,1-2H3,(H,18,24)(H,19,20,23). The van der Waals surface area contributed by atoms with Crippen LogP contribution in [0, 0.1) is 10.9 Å². The van der Waals surface area contributed by atoms with E-state index in [0.717, 1.165) is 10.6 Å². The van der Waals surface area contributed by atoms with Crippen molar-refractivity contribution < 1.29 is 4.79 Å². The van der Waals surface area contributed by atoms with Gasteiger partial charge >= 0.3 is 0 Å². The summed E-state index contributed by atoms with van der Waals surface area (Å²) < 4.78 is 0.670. The Morgan fingerprint density at radius 1 is 1.32 bits per heavy atom. The summed E-state index contributed by atoms with van der Waals surface area (Å²) in [5.41, 5.74) is 1.37. The number of rotatable bonds is 5. The first-order valence-corrected chi connectivity index (χ1v) is 9.14. The Morgan fingerprint density at radius 3 is 2.76 bits per heavy atom. The van der Waals surface area contributed by atoms with E-state index >= 15 is 0 Å². The summed E-state index contributed by atoms with van der Waals surface area (Å²) in [5.74, 6) is 0.462. The lowest BCUT2D eigenvalue weighted by Gasteiger charge is -2.20. The average Bonchev–Trinajstić information content (AvgIpc) is 2.90. The summed E-state index contributed by atoms with van der Waals surface area (Å²) in [6.45, 7) is 4.62. The van der Waals surface area contributed by atoms with Gasteiger partial charge in [-0.2, -0.15) is 0 Å². The van der Waals surface area contributed by atoms with Crippen LogP contribution in [0.3, 0.4) is 0 Å². The van der Waals surface area contributed by atoms with Crippen molar-refractivity contribution in [2.75, 3.05) is 6.54 Å². The van der Waals surface area contributed by atoms with Crippen molar-refractivity contribution in [2.45, 2.75) is 26.8 Å².